The van der Waals surface area contributed by atoms with Crippen molar-refractivity contribution in [1.29, 1.82) is 0 Å². The largest absolute Gasteiger partial charge is 0.565 e. The van der Waals surface area contributed by atoms with Crippen molar-refractivity contribution in [3.8, 4) is 11.5 Å². The van der Waals surface area contributed by atoms with Crippen molar-refractivity contribution in [3.05, 3.63) is 81.4 Å². The Hall–Kier alpha value is -2.33. The number of rotatable bonds is 7. The number of alkyl halides is 3. The fourth-order valence-corrected chi connectivity index (χ4v) is 3.16. The topological polar surface area (TPSA) is 105 Å². The van der Waals surface area contributed by atoms with E-state index in [0.717, 1.165) is 48.3 Å². The molecule has 0 bridgehead atoms. The van der Waals surface area contributed by atoms with E-state index >= 15 is 0 Å². The van der Waals surface area contributed by atoms with Gasteiger partial charge in [0.05, 0.1) is 27.0 Å². The zero-order valence-corrected chi connectivity index (χ0v) is 20.0. The molecule has 1 aromatic heterocycles. The third-order valence-electron chi connectivity index (χ3n) is 4.39. The number of benzene rings is 2. The Bertz CT molecular complexity index is 1130. The Kier molecular flexibility index (Phi) is 10.6. The molecule has 1 heterocycles. The lowest BCUT2D eigenvalue weighted by Crippen LogP contribution is -2.04. The summed E-state index contributed by atoms with van der Waals surface area (Å²) in [6.07, 6.45) is -0.517. The minimum absolute atomic E-state index is 0. The quantitative estimate of drug-likeness (QED) is 0.200. The van der Waals surface area contributed by atoms with Crippen molar-refractivity contribution < 1.29 is 38.7 Å². The van der Waals surface area contributed by atoms with Crippen LogP contribution < -0.4 is 9.63 Å². The zero-order valence-electron chi connectivity index (χ0n) is 17.6. The molecule has 13 heteroatoms. The van der Waals surface area contributed by atoms with E-state index in [2.05, 4.69) is 14.6 Å². The molecule has 7 nitrogen and oxygen atoms in total. The molecule has 0 saturated carbocycles. The first-order valence-electron chi connectivity index (χ1n) is 9.56. The molecule has 184 valence electrons. The molecule has 0 aliphatic carbocycles. The lowest BCUT2D eigenvalue weighted by Gasteiger charge is -2.11. The summed E-state index contributed by atoms with van der Waals surface area (Å²) in [4.78, 5) is 17.2. The average molecular weight is 539 g/mol. The number of hydrogen-bond donors (Lipinski definition) is 1. The second-order valence-electron chi connectivity index (χ2n) is 6.77. The third-order valence-corrected chi connectivity index (χ3v) is 5.31. The van der Waals surface area contributed by atoms with Gasteiger partial charge >= 0.3 is 14.4 Å². The Labute approximate surface area is 205 Å². The number of nitrogens with zero attached hydrogens (tertiary/aromatic N) is 2. The predicted molar refractivity (Wildman–Crippen MR) is 120 cm³/mol. The molecule has 3 aromatic rings. The molecular weight excluding hydrogens is 519 g/mol. The summed E-state index contributed by atoms with van der Waals surface area (Å²) in [6, 6.07) is 10.3. The van der Waals surface area contributed by atoms with E-state index in [1.807, 2.05) is 19.1 Å². The molecule has 0 aliphatic heterocycles. The highest BCUT2D eigenvalue weighted by Gasteiger charge is 2.31. The second kappa shape index (κ2) is 12.9. The van der Waals surface area contributed by atoms with E-state index in [1.165, 1.54) is 12.4 Å². The molecule has 1 N–H and O–H groups in total. The van der Waals surface area contributed by atoms with Crippen molar-refractivity contribution in [2.24, 2.45) is 0 Å². The lowest BCUT2D eigenvalue weighted by molar-refractivity contribution is -0.244. The van der Waals surface area contributed by atoms with Crippen molar-refractivity contribution >= 4 is 31.5 Å². The summed E-state index contributed by atoms with van der Waals surface area (Å²) in [6.45, 7) is 1.84. The summed E-state index contributed by atoms with van der Waals surface area (Å²) in [5.74, 6) is 0.658. The maximum absolute atomic E-state index is 12.7. The van der Waals surface area contributed by atoms with Gasteiger partial charge in [-0.2, -0.15) is 13.2 Å². The highest BCUT2D eigenvalue weighted by atomic mass is 35.5. The van der Waals surface area contributed by atoms with E-state index in [1.54, 1.807) is 12.1 Å². The minimum atomic E-state index is -4.45. The minimum Gasteiger partial charge on any atom is -0.565 e. The fourth-order valence-electron chi connectivity index (χ4n) is 2.75. The van der Waals surface area contributed by atoms with Gasteiger partial charge in [-0.05, 0) is 66.6 Å². The highest BCUT2D eigenvalue weighted by molar-refractivity contribution is 7.30. The van der Waals surface area contributed by atoms with Gasteiger partial charge in [0.15, 0.2) is 0 Å². The van der Waals surface area contributed by atoms with Gasteiger partial charge in [0.25, 0.3) is 0 Å². The van der Waals surface area contributed by atoms with Gasteiger partial charge in [0.2, 0.25) is 0 Å². The number of halogens is 5. The summed E-state index contributed by atoms with van der Waals surface area (Å²) in [5.41, 5.74) is 1.87. The Morgan fingerprint density at radius 3 is 2.32 bits per heavy atom. The van der Waals surface area contributed by atoms with E-state index in [-0.39, 0.29) is 12.2 Å². The molecule has 0 fully saturated rings. The first-order chi connectivity index (χ1) is 16.0. The first kappa shape index (κ1) is 27.9. The number of aryl methyl sites for hydroxylation is 3. The van der Waals surface area contributed by atoms with E-state index < -0.39 is 20.0 Å². The summed E-state index contributed by atoms with van der Waals surface area (Å²) >= 11 is 12.1. The van der Waals surface area contributed by atoms with Gasteiger partial charge in [-0.15, -0.1) is 0 Å². The Morgan fingerprint density at radius 2 is 1.76 bits per heavy atom. The third kappa shape index (κ3) is 8.79. The van der Waals surface area contributed by atoms with Gasteiger partial charge in [-0.3, -0.25) is 0 Å². The normalized spacial score (nSPS) is 11.5. The van der Waals surface area contributed by atoms with Crippen LogP contribution in [0.2, 0.25) is 10.0 Å². The lowest BCUT2D eigenvalue weighted by atomic mass is 10.1. The van der Waals surface area contributed by atoms with Crippen LogP contribution in [0.5, 0.6) is 11.5 Å². The molecule has 0 saturated heterocycles. The van der Waals surface area contributed by atoms with Gasteiger partial charge in [-0.25, -0.2) is 15.2 Å². The number of hydrogen-bond acceptors (Lipinski definition) is 7. The molecule has 0 radical (unpaired) electrons. The van der Waals surface area contributed by atoms with E-state index in [9.17, 15) is 13.2 Å². The molecule has 0 amide bonds. The number of aromatic nitrogens is 2. The summed E-state index contributed by atoms with van der Waals surface area (Å²) in [5, 5.41) is 7.55. The van der Waals surface area contributed by atoms with Crippen molar-refractivity contribution in [1.82, 2.24) is 9.97 Å². The highest BCUT2D eigenvalue weighted by Crippen LogP contribution is 2.36. The SMILES string of the molecule is Cc1ncnc(CCCc2ccc(Oc3ccc(C(F)(F)F)cc3Cl)cc2)c1Cl.O=[P+]([O-])OO.[HH]. The van der Waals surface area contributed by atoms with Crippen molar-refractivity contribution in [2.75, 3.05) is 0 Å². The van der Waals surface area contributed by atoms with Gasteiger partial charge in [0.1, 0.15) is 17.8 Å². The van der Waals surface area contributed by atoms with Crippen LogP contribution in [0.15, 0.2) is 48.8 Å². The van der Waals surface area contributed by atoms with Crippen LogP contribution in [0.1, 0.15) is 30.4 Å². The zero-order chi connectivity index (χ0) is 25.3. The van der Waals surface area contributed by atoms with Gasteiger partial charge in [-0.1, -0.05) is 35.3 Å². The van der Waals surface area contributed by atoms with Crippen molar-refractivity contribution in [2.45, 2.75) is 32.4 Å². The summed E-state index contributed by atoms with van der Waals surface area (Å²) in [7, 11) is -3.04. The second-order valence-corrected chi connectivity index (χ2v) is 8.16. The molecule has 2 aromatic carbocycles. The molecule has 0 spiro atoms. The molecule has 3 rings (SSSR count). The van der Waals surface area contributed by atoms with Crippen LogP contribution in [-0.2, 0) is 28.3 Å². The van der Waals surface area contributed by atoms with Crippen LogP contribution in [0.25, 0.3) is 0 Å². The van der Waals surface area contributed by atoms with Crippen LogP contribution in [-0.4, -0.2) is 15.2 Å². The number of ether oxygens (including phenoxy) is 1. The molecule has 34 heavy (non-hydrogen) atoms. The fraction of sp³-hybridized carbons (Fsp3) is 0.238. The van der Waals surface area contributed by atoms with Crippen LogP contribution in [0, 0.1) is 6.92 Å². The maximum atomic E-state index is 12.7. The van der Waals surface area contributed by atoms with Crippen LogP contribution in [0.4, 0.5) is 13.2 Å². The first-order valence-corrected chi connectivity index (χ1v) is 11.4. The molecule has 1 atom stereocenters. The standard InChI is InChI=1S/C21H17Cl2F3N2O.HO4P.H2/c1-13-20(23)18(28-12-27-13)4-2-3-14-5-8-16(9-6-14)29-19-10-7-15(11-17(19)22)21(24,25)26;1-4-5(2)3;/h5-12H,2-4H2,1H3;1H;1H. The average Bonchev–Trinajstić information content (AvgIpc) is 2.79. The smallest absolute Gasteiger partial charge is 0.521 e. The summed E-state index contributed by atoms with van der Waals surface area (Å²) < 4.78 is 55.4. The van der Waals surface area contributed by atoms with E-state index in [0.29, 0.717) is 10.8 Å². The Balaban J connectivity index is 0.000000927. The van der Waals surface area contributed by atoms with Gasteiger partial charge < -0.3 is 9.63 Å². The molecule has 1 unspecified atom stereocenters. The predicted octanol–water partition coefficient (Wildman–Crippen LogP) is 6.82. The van der Waals surface area contributed by atoms with Gasteiger partial charge in [0, 0.05) is 6.10 Å². The van der Waals surface area contributed by atoms with Crippen LogP contribution >= 0.6 is 31.5 Å². The van der Waals surface area contributed by atoms with Crippen molar-refractivity contribution in [3.63, 3.8) is 0 Å². The van der Waals surface area contributed by atoms with E-state index in [4.69, 9.17) is 42.7 Å². The monoisotopic (exact) mass is 538 g/mol. The Morgan fingerprint density at radius 1 is 1.12 bits per heavy atom. The molecule has 0 aliphatic rings. The van der Waals surface area contributed by atoms with Crippen LogP contribution in [0.3, 0.4) is 0 Å². The maximum Gasteiger partial charge on any atom is 0.521 e. The molecular formula is C21H20Cl2F3N2O5P.